The van der Waals surface area contributed by atoms with E-state index in [9.17, 15) is 9.59 Å². The van der Waals surface area contributed by atoms with Gasteiger partial charge in [-0.2, -0.15) is 0 Å². The zero-order chi connectivity index (χ0) is 11.3. The molecule has 1 aliphatic rings. The Hall–Kier alpha value is -1.14. The number of carbonyl (C=O) groups excluding carboxylic acids is 2. The topological polar surface area (TPSA) is 67.9 Å². The zero-order valence-electron chi connectivity index (χ0n) is 8.99. The maximum Gasteiger partial charge on any atom is 0.242 e. The predicted molar refractivity (Wildman–Crippen MR) is 52.3 cm³/mol. The second-order valence-corrected chi connectivity index (χ2v) is 3.36. The van der Waals surface area contributed by atoms with E-state index in [1.165, 1.54) is 4.90 Å². The van der Waals surface area contributed by atoms with Crippen molar-refractivity contribution in [1.29, 1.82) is 0 Å². The Morgan fingerprint density at radius 1 is 1.47 bits per heavy atom. The van der Waals surface area contributed by atoms with Crippen molar-refractivity contribution >= 4 is 11.8 Å². The van der Waals surface area contributed by atoms with Gasteiger partial charge in [-0.1, -0.05) is 0 Å². The number of nitrogens with one attached hydrogen (secondary N) is 1. The molecule has 0 aromatic heterocycles. The van der Waals surface area contributed by atoms with E-state index in [1.807, 2.05) is 0 Å². The maximum atomic E-state index is 11.4. The van der Waals surface area contributed by atoms with Gasteiger partial charge in [-0.15, -0.1) is 0 Å². The number of nitrogens with zero attached hydrogens (tertiary/aromatic N) is 1. The summed E-state index contributed by atoms with van der Waals surface area (Å²) in [4.78, 5) is 24.0. The second kappa shape index (κ2) is 5.67. The van der Waals surface area contributed by atoms with Gasteiger partial charge in [0.05, 0.1) is 25.8 Å². The first-order valence-corrected chi connectivity index (χ1v) is 4.73. The molecule has 1 unspecified atom stereocenters. The number of amides is 2. The molecule has 0 aromatic carbocycles. The van der Waals surface area contributed by atoms with Crippen LogP contribution < -0.4 is 5.32 Å². The molecular formula is C9H16N2O4. The van der Waals surface area contributed by atoms with Gasteiger partial charge in [0.25, 0.3) is 0 Å². The lowest BCUT2D eigenvalue weighted by Crippen LogP contribution is -2.54. The molecular weight excluding hydrogens is 200 g/mol. The average molecular weight is 216 g/mol. The Morgan fingerprint density at radius 2 is 2.20 bits per heavy atom. The number of methoxy groups -OCH3 is 2. The van der Waals surface area contributed by atoms with E-state index in [2.05, 4.69) is 5.32 Å². The summed E-state index contributed by atoms with van der Waals surface area (Å²) in [6.45, 7) is 0.961. The van der Waals surface area contributed by atoms with Gasteiger partial charge in [0.2, 0.25) is 11.8 Å². The van der Waals surface area contributed by atoms with E-state index in [-0.39, 0.29) is 31.0 Å². The average Bonchev–Trinajstić information content (AvgIpc) is 2.22. The Bertz CT molecular complexity index is 244. The number of rotatable bonds is 5. The number of piperazine rings is 1. The molecule has 0 saturated carbocycles. The predicted octanol–water partition coefficient (Wildman–Crippen LogP) is -1.39. The van der Waals surface area contributed by atoms with Gasteiger partial charge in [0, 0.05) is 20.8 Å². The molecule has 86 valence electrons. The summed E-state index contributed by atoms with van der Waals surface area (Å²) >= 11 is 0. The standard InChI is InChI=1S/C9H16N2O4/c1-14-6-7(15-2)4-11-5-8(12)10-3-9(11)13/h7H,3-6H2,1-2H3,(H,10,12). The maximum absolute atomic E-state index is 11.4. The Morgan fingerprint density at radius 3 is 2.80 bits per heavy atom. The molecule has 0 spiro atoms. The number of hydrogen-bond acceptors (Lipinski definition) is 4. The van der Waals surface area contributed by atoms with E-state index < -0.39 is 0 Å². The summed E-state index contributed by atoms with van der Waals surface area (Å²) in [5.41, 5.74) is 0. The van der Waals surface area contributed by atoms with Gasteiger partial charge in [0.15, 0.2) is 0 Å². The van der Waals surface area contributed by atoms with Crippen LogP contribution in [0, 0.1) is 0 Å². The molecule has 0 bridgehead atoms. The van der Waals surface area contributed by atoms with Crippen molar-refractivity contribution in [2.45, 2.75) is 6.10 Å². The second-order valence-electron chi connectivity index (χ2n) is 3.36. The van der Waals surface area contributed by atoms with Crippen LogP contribution >= 0.6 is 0 Å². The van der Waals surface area contributed by atoms with Crippen molar-refractivity contribution in [3.8, 4) is 0 Å². The SMILES string of the molecule is COCC(CN1CC(=O)NCC1=O)OC. The van der Waals surface area contributed by atoms with E-state index in [4.69, 9.17) is 9.47 Å². The lowest BCUT2D eigenvalue weighted by Gasteiger charge is -2.29. The quantitative estimate of drug-likeness (QED) is 0.614. The minimum atomic E-state index is -0.190. The lowest BCUT2D eigenvalue weighted by atomic mass is 10.3. The van der Waals surface area contributed by atoms with Crippen molar-refractivity contribution in [2.75, 3.05) is 40.5 Å². The third kappa shape index (κ3) is 3.49. The summed E-state index contributed by atoms with van der Waals surface area (Å²) in [5.74, 6) is -0.227. The van der Waals surface area contributed by atoms with Crippen LogP contribution in [0.5, 0.6) is 0 Å². The molecule has 6 nitrogen and oxygen atoms in total. The summed E-state index contributed by atoms with van der Waals surface area (Å²) < 4.78 is 10.1. The third-order valence-corrected chi connectivity index (χ3v) is 2.23. The summed E-state index contributed by atoms with van der Waals surface area (Å²) in [6.07, 6.45) is -0.190. The van der Waals surface area contributed by atoms with E-state index in [0.29, 0.717) is 13.2 Å². The van der Waals surface area contributed by atoms with E-state index in [1.54, 1.807) is 14.2 Å². The highest BCUT2D eigenvalue weighted by Crippen LogP contribution is 2.00. The fourth-order valence-electron chi connectivity index (χ4n) is 1.40. The zero-order valence-corrected chi connectivity index (χ0v) is 8.99. The van der Waals surface area contributed by atoms with Gasteiger partial charge >= 0.3 is 0 Å². The molecule has 1 atom stereocenters. The highest BCUT2D eigenvalue weighted by molar-refractivity contribution is 5.92. The highest BCUT2D eigenvalue weighted by atomic mass is 16.5. The van der Waals surface area contributed by atoms with Gasteiger partial charge < -0.3 is 19.7 Å². The molecule has 1 heterocycles. The monoisotopic (exact) mass is 216 g/mol. The molecule has 2 amide bonds. The summed E-state index contributed by atoms with van der Waals surface area (Å²) in [6, 6.07) is 0. The lowest BCUT2D eigenvalue weighted by molar-refractivity contribution is -0.142. The van der Waals surface area contributed by atoms with Crippen LogP contribution in [0.25, 0.3) is 0 Å². The molecule has 0 aliphatic carbocycles. The molecule has 1 N–H and O–H groups in total. The third-order valence-electron chi connectivity index (χ3n) is 2.23. The Balaban J connectivity index is 2.46. The van der Waals surface area contributed by atoms with Crippen molar-refractivity contribution in [3.63, 3.8) is 0 Å². The summed E-state index contributed by atoms with van der Waals surface area (Å²) in [7, 11) is 3.12. The fourth-order valence-corrected chi connectivity index (χ4v) is 1.40. The van der Waals surface area contributed by atoms with Crippen LogP contribution in [-0.2, 0) is 19.1 Å². The van der Waals surface area contributed by atoms with Crippen LogP contribution in [0.2, 0.25) is 0 Å². The van der Waals surface area contributed by atoms with Gasteiger partial charge in [0.1, 0.15) is 0 Å². The fraction of sp³-hybridized carbons (Fsp3) is 0.778. The molecule has 1 saturated heterocycles. The van der Waals surface area contributed by atoms with Gasteiger partial charge in [-0.3, -0.25) is 9.59 Å². The molecule has 0 aromatic rings. The van der Waals surface area contributed by atoms with Crippen LogP contribution in [-0.4, -0.2) is 63.3 Å². The minimum absolute atomic E-state index is 0.0717. The van der Waals surface area contributed by atoms with Crippen LogP contribution in [0.15, 0.2) is 0 Å². The van der Waals surface area contributed by atoms with Crippen molar-refractivity contribution < 1.29 is 19.1 Å². The Labute approximate surface area is 88.5 Å². The largest absolute Gasteiger partial charge is 0.382 e. The van der Waals surface area contributed by atoms with Gasteiger partial charge in [-0.25, -0.2) is 0 Å². The molecule has 0 radical (unpaired) electrons. The first-order valence-electron chi connectivity index (χ1n) is 4.73. The minimum Gasteiger partial charge on any atom is -0.382 e. The molecule has 1 rings (SSSR count). The van der Waals surface area contributed by atoms with E-state index in [0.717, 1.165) is 0 Å². The molecule has 15 heavy (non-hydrogen) atoms. The number of hydrogen-bond donors (Lipinski definition) is 1. The van der Waals surface area contributed by atoms with Gasteiger partial charge in [-0.05, 0) is 0 Å². The number of carbonyl (C=O) groups is 2. The number of ether oxygens (including phenoxy) is 2. The first-order chi connectivity index (χ1) is 7.17. The highest BCUT2D eigenvalue weighted by Gasteiger charge is 2.25. The van der Waals surface area contributed by atoms with Crippen LogP contribution in [0.1, 0.15) is 0 Å². The van der Waals surface area contributed by atoms with Crippen molar-refractivity contribution in [2.24, 2.45) is 0 Å². The van der Waals surface area contributed by atoms with E-state index >= 15 is 0 Å². The normalized spacial score (nSPS) is 18.9. The van der Waals surface area contributed by atoms with Crippen molar-refractivity contribution in [3.05, 3.63) is 0 Å². The van der Waals surface area contributed by atoms with Crippen LogP contribution in [0.3, 0.4) is 0 Å². The first kappa shape index (κ1) is 11.9. The smallest absolute Gasteiger partial charge is 0.242 e. The molecule has 6 heteroatoms. The molecule has 1 fully saturated rings. The summed E-state index contributed by atoms with van der Waals surface area (Å²) in [5, 5.41) is 2.48. The van der Waals surface area contributed by atoms with Crippen LogP contribution in [0.4, 0.5) is 0 Å². The molecule has 1 aliphatic heterocycles. The van der Waals surface area contributed by atoms with Crippen molar-refractivity contribution in [1.82, 2.24) is 10.2 Å². The Kier molecular flexibility index (Phi) is 4.51.